The van der Waals surface area contributed by atoms with Gasteiger partial charge in [0.25, 0.3) is 0 Å². The summed E-state index contributed by atoms with van der Waals surface area (Å²) in [4.78, 5) is 11.7. The molecule has 1 atom stereocenters. The van der Waals surface area contributed by atoms with Crippen LogP contribution in [0.15, 0.2) is 0 Å². The number of carbonyl (C=O) groups excluding carboxylic acids is 1. The van der Waals surface area contributed by atoms with Gasteiger partial charge in [0, 0.05) is 25.0 Å². The molecule has 0 spiro atoms. The third kappa shape index (κ3) is 4.66. The smallest absolute Gasteiger partial charge is 0.221 e. The van der Waals surface area contributed by atoms with Crippen LogP contribution in [-0.4, -0.2) is 24.5 Å². The maximum Gasteiger partial charge on any atom is 0.221 e. The molecule has 2 fully saturated rings. The van der Waals surface area contributed by atoms with Gasteiger partial charge in [-0.2, -0.15) is 0 Å². The van der Waals surface area contributed by atoms with Crippen molar-refractivity contribution in [3.05, 3.63) is 0 Å². The van der Waals surface area contributed by atoms with E-state index >= 15 is 0 Å². The highest BCUT2D eigenvalue weighted by Crippen LogP contribution is 2.26. The van der Waals surface area contributed by atoms with E-state index in [9.17, 15) is 4.79 Å². The SMILES string of the molecule is C[C@H](NC(=O)CCNC1CC1)C1CCCCC1. The van der Waals surface area contributed by atoms with Crippen LogP contribution in [0.4, 0.5) is 0 Å². The summed E-state index contributed by atoms with van der Waals surface area (Å²) in [7, 11) is 0. The molecule has 2 saturated carbocycles. The third-order valence-corrected chi connectivity index (χ3v) is 4.11. The Morgan fingerprint density at radius 1 is 1.18 bits per heavy atom. The fourth-order valence-corrected chi connectivity index (χ4v) is 2.76. The van der Waals surface area contributed by atoms with Gasteiger partial charge in [-0.3, -0.25) is 4.79 Å². The Bertz CT molecular complexity index is 245. The van der Waals surface area contributed by atoms with Crippen molar-refractivity contribution in [1.29, 1.82) is 0 Å². The average Bonchev–Trinajstić information content (AvgIpc) is 3.14. The summed E-state index contributed by atoms with van der Waals surface area (Å²) in [5, 5.41) is 6.54. The second kappa shape index (κ2) is 6.39. The van der Waals surface area contributed by atoms with Gasteiger partial charge in [0.15, 0.2) is 0 Å². The predicted octanol–water partition coefficient (Wildman–Crippen LogP) is 2.21. The highest BCUT2D eigenvalue weighted by Gasteiger charge is 2.22. The zero-order valence-electron chi connectivity index (χ0n) is 11.0. The van der Waals surface area contributed by atoms with Gasteiger partial charge in [-0.15, -0.1) is 0 Å². The molecule has 17 heavy (non-hydrogen) atoms. The minimum absolute atomic E-state index is 0.219. The second-order valence-electron chi connectivity index (χ2n) is 5.73. The molecule has 3 nitrogen and oxygen atoms in total. The van der Waals surface area contributed by atoms with E-state index in [1.807, 2.05) is 0 Å². The van der Waals surface area contributed by atoms with Crippen LogP contribution in [0, 0.1) is 5.92 Å². The monoisotopic (exact) mass is 238 g/mol. The molecule has 2 rings (SSSR count). The van der Waals surface area contributed by atoms with Gasteiger partial charge in [-0.05, 0) is 38.5 Å². The lowest BCUT2D eigenvalue weighted by Gasteiger charge is -2.28. The maximum absolute atomic E-state index is 11.7. The molecular formula is C14H26N2O. The maximum atomic E-state index is 11.7. The molecule has 0 aromatic rings. The molecule has 3 heteroatoms. The quantitative estimate of drug-likeness (QED) is 0.745. The summed E-state index contributed by atoms with van der Waals surface area (Å²) in [5.41, 5.74) is 0. The van der Waals surface area contributed by atoms with Gasteiger partial charge in [0.2, 0.25) is 5.91 Å². The molecule has 1 amide bonds. The van der Waals surface area contributed by atoms with Crippen molar-refractivity contribution in [2.45, 2.75) is 70.4 Å². The van der Waals surface area contributed by atoms with Crippen LogP contribution in [0.3, 0.4) is 0 Å². The highest BCUT2D eigenvalue weighted by molar-refractivity contribution is 5.76. The Kier molecular flexibility index (Phi) is 4.84. The lowest BCUT2D eigenvalue weighted by atomic mass is 9.84. The van der Waals surface area contributed by atoms with Crippen molar-refractivity contribution in [3.63, 3.8) is 0 Å². The Morgan fingerprint density at radius 2 is 1.88 bits per heavy atom. The van der Waals surface area contributed by atoms with Crippen LogP contribution < -0.4 is 10.6 Å². The second-order valence-corrected chi connectivity index (χ2v) is 5.73. The molecule has 0 aromatic heterocycles. The normalized spacial score (nSPS) is 23.4. The number of hydrogen-bond acceptors (Lipinski definition) is 2. The first-order valence-corrected chi connectivity index (χ1v) is 7.28. The Labute approximate surface area is 105 Å². The standard InChI is InChI=1S/C14H26N2O/c1-11(12-5-3-2-4-6-12)16-14(17)9-10-15-13-7-8-13/h11-13,15H,2-10H2,1H3,(H,16,17)/t11-/m0/s1. The van der Waals surface area contributed by atoms with Gasteiger partial charge < -0.3 is 10.6 Å². The van der Waals surface area contributed by atoms with Crippen molar-refractivity contribution < 1.29 is 4.79 Å². The first kappa shape index (κ1) is 12.9. The van der Waals surface area contributed by atoms with Crippen LogP contribution in [-0.2, 0) is 4.79 Å². The lowest BCUT2D eigenvalue weighted by Crippen LogP contribution is -2.40. The molecule has 0 unspecified atom stereocenters. The van der Waals surface area contributed by atoms with Gasteiger partial charge in [0.05, 0.1) is 0 Å². The van der Waals surface area contributed by atoms with Crippen LogP contribution in [0.25, 0.3) is 0 Å². The summed E-state index contributed by atoms with van der Waals surface area (Å²) in [6.07, 6.45) is 9.86. The molecule has 0 bridgehead atoms. The summed E-state index contributed by atoms with van der Waals surface area (Å²) >= 11 is 0. The van der Waals surface area contributed by atoms with Gasteiger partial charge in [0.1, 0.15) is 0 Å². The average molecular weight is 238 g/mol. The fraction of sp³-hybridized carbons (Fsp3) is 0.929. The third-order valence-electron chi connectivity index (χ3n) is 4.11. The summed E-state index contributed by atoms with van der Waals surface area (Å²) in [5.74, 6) is 0.931. The van der Waals surface area contributed by atoms with Crippen LogP contribution >= 0.6 is 0 Å². The summed E-state index contributed by atoms with van der Waals surface area (Å²) in [6, 6.07) is 1.07. The number of carbonyl (C=O) groups is 1. The zero-order valence-corrected chi connectivity index (χ0v) is 11.0. The van der Waals surface area contributed by atoms with Crippen molar-refractivity contribution in [2.75, 3.05) is 6.54 Å². The lowest BCUT2D eigenvalue weighted by molar-refractivity contribution is -0.122. The summed E-state index contributed by atoms with van der Waals surface area (Å²) < 4.78 is 0. The highest BCUT2D eigenvalue weighted by atomic mass is 16.1. The molecule has 0 aliphatic heterocycles. The van der Waals surface area contributed by atoms with Crippen molar-refractivity contribution in [3.8, 4) is 0 Å². The molecule has 2 N–H and O–H groups in total. The largest absolute Gasteiger partial charge is 0.353 e. The molecule has 98 valence electrons. The van der Waals surface area contributed by atoms with E-state index in [-0.39, 0.29) is 5.91 Å². The van der Waals surface area contributed by atoms with E-state index < -0.39 is 0 Å². The molecule has 0 saturated heterocycles. The zero-order chi connectivity index (χ0) is 12.1. The first-order chi connectivity index (χ1) is 8.25. The predicted molar refractivity (Wildman–Crippen MR) is 69.8 cm³/mol. The number of amides is 1. The van der Waals surface area contributed by atoms with Crippen LogP contribution in [0.1, 0.15) is 58.3 Å². The number of nitrogens with one attached hydrogen (secondary N) is 2. The van der Waals surface area contributed by atoms with Crippen LogP contribution in [0.2, 0.25) is 0 Å². The topological polar surface area (TPSA) is 41.1 Å². The van der Waals surface area contributed by atoms with Crippen LogP contribution in [0.5, 0.6) is 0 Å². The minimum Gasteiger partial charge on any atom is -0.353 e. The van der Waals surface area contributed by atoms with E-state index in [2.05, 4.69) is 17.6 Å². The Balaban J connectivity index is 1.58. The fourth-order valence-electron chi connectivity index (χ4n) is 2.76. The van der Waals surface area contributed by atoms with Crippen molar-refractivity contribution in [1.82, 2.24) is 10.6 Å². The van der Waals surface area contributed by atoms with Crippen molar-refractivity contribution in [2.24, 2.45) is 5.92 Å². The Morgan fingerprint density at radius 3 is 2.53 bits per heavy atom. The minimum atomic E-state index is 0.219. The van der Waals surface area contributed by atoms with E-state index in [1.165, 1.54) is 44.9 Å². The molecular weight excluding hydrogens is 212 g/mol. The van der Waals surface area contributed by atoms with E-state index in [4.69, 9.17) is 0 Å². The molecule has 0 heterocycles. The molecule has 2 aliphatic rings. The Hall–Kier alpha value is -0.570. The molecule has 2 aliphatic carbocycles. The van der Waals surface area contributed by atoms with Crippen molar-refractivity contribution >= 4 is 5.91 Å². The molecule has 0 aromatic carbocycles. The summed E-state index contributed by atoms with van der Waals surface area (Å²) in [6.45, 7) is 3.01. The van der Waals surface area contributed by atoms with E-state index in [1.54, 1.807) is 0 Å². The van der Waals surface area contributed by atoms with Gasteiger partial charge in [-0.25, -0.2) is 0 Å². The van der Waals surface area contributed by atoms with E-state index in [0.717, 1.165) is 6.54 Å². The van der Waals surface area contributed by atoms with Gasteiger partial charge in [-0.1, -0.05) is 19.3 Å². The molecule has 0 radical (unpaired) electrons. The first-order valence-electron chi connectivity index (χ1n) is 7.28. The van der Waals surface area contributed by atoms with Gasteiger partial charge >= 0.3 is 0 Å². The van der Waals surface area contributed by atoms with E-state index in [0.29, 0.717) is 24.4 Å². The number of rotatable bonds is 6. The number of hydrogen-bond donors (Lipinski definition) is 2.